The minimum absolute atomic E-state index is 0.0985. The quantitative estimate of drug-likeness (QED) is 0.0982. The van der Waals surface area contributed by atoms with Gasteiger partial charge in [0, 0.05) is 25.0 Å². The molecular formula is C27H49N6O10+. The van der Waals surface area contributed by atoms with Crippen molar-refractivity contribution in [1.82, 2.24) is 16.0 Å². The Labute approximate surface area is 251 Å². The highest BCUT2D eigenvalue weighted by atomic mass is 16.7. The second-order valence-corrected chi connectivity index (χ2v) is 11.6. The summed E-state index contributed by atoms with van der Waals surface area (Å²) < 4.78 is 18.1. The Hall–Kier alpha value is -1.98. The molecule has 0 aromatic carbocycles. The summed E-state index contributed by atoms with van der Waals surface area (Å²) in [6.07, 6.45) is -5.95. The molecule has 43 heavy (non-hydrogen) atoms. The number of nitrogens with one attached hydrogen (secondary N) is 3. The van der Waals surface area contributed by atoms with Crippen molar-refractivity contribution < 1.29 is 49.6 Å². The van der Waals surface area contributed by atoms with Crippen LogP contribution in [0.1, 0.15) is 19.8 Å². The predicted molar refractivity (Wildman–Crippen MR) is 153 cm³/mol. The summed E-state index contributed by atoms with van der Waals surface area (Å²) in [5.74, 6) is -1.41. The highest BCUT2D eigenvalue weighted by Crippen LogP contribution is 2.38. The standard InChI is InChI=1S/C27H48N6O10/c1-27(40)12-41-26(21(38)24(27)31-3)43-23-17(33-25(39)18(36)7-28)6-16(29)19(20(23)37)22-13(8-30-2)4-5-15(42-22)10-32-9-14(35)11-34/h5,13-14,16-24,26,31-32,34-38,40H,4,6-7,9-12,28-29H2,1-3H3/p+1. The zero-order valence-electron chi connectivity index (χ0n) is 24.9. The van der Waals surface area contributed by atoms with Crippen LogP contribution in [0.25, 0.3) is 4.85 Å². The molecule has 2 aliphatic heterocycles. The van der Waals surface area contributed by atoms with Gasteiger partial charge in [-0.25, -0.2) is 0 Å². The minimum atomic E-state index is -1.50. The lowest BCUT2D eigenvalue weighted by atomic mass is 9.71. The number of carbonyl (C=O) groups excluding carboxylic acids is 1. The number of hydrogen-bond acceptors (Lipinski definition) is 14. The lowest BCUT2D eigenvalue weighted by Crippen LogP contribution is -2.69. The van der Waals surface area contributed by atoms with Crippen LogP contribution in [0.4, 0.5) is 0 Å². The minimum Gasteiger partial charge on any atom is -0.492 e. The van der Waals surface area contributed by atoms with E-state index in [9.17, 15) is 30.3 Å². The van der Waals surface area contributed by atoms with E-state index < -0.39 is 91.0 Å². The van der Waals surface area contributed by atoms with Gasteiger partial charge in [0.2, 0.25) is 5.91 Å². The van der Waals surface area contributed by atoms with Gasteiger partial charge < -0.3 is 72.3 Å². The molecule has 246 valence electrons. The maximum atomic E-state index is 12.6. The molecule has 0 aromatic heterocycles. The third-order valence-corrected chi connectivity index (χ3v) is 8.28. The fraction of sp³-hybridized carbons (Fsp3) is 0.852. The van der Waals surface area contributed by atoms with Crippen molar-refractivity contribution in [1.29, 1.82) is 0 Å². The van der Waals surface area contributed by atoms with Gasteiger partial charge >= 0.3 is 0 Å². The predicted octanol–water partition coefficient (Wildman–Crippen LogP) is -4.87. The van der Waals surface area contributed by atoms with Gasteiger partial charge in [0.1, 0.15) is 41.7 Å². The van der Waals surface area contributed by atoms with E-state index in [1.807, 2.05) is 6.08 Å². The molecule has 13 N–H and O–H groups in total. The third kappa shape index (κ3) is 8.60. The lowest BCUT2D eigenvalue weighted by Gasteiger charge is -2.50. The van der Waals surface area contributed by atoms with Gasteiger partial charge in [0.05, 0.1) is 44.1 Å². The molecule has 1 saturated heterocycles. The second kappa shape index (κ2) is 15.8. The summed E-state index contributed by atoms with van der Waals surface area (Å²) in [4.78, 5) is 16.7. The van der Waals surface area contributed by atoms with Gasteiger partial charge in [-0.05, 0) is 32.9 Å². The number of carbonyl (C=O) groups is 1. The zero-order chi connectivity index (χ0) is 31.9. The van der Waals surface area contributed by atoms with Crippen LogP contribution in [0, 0.1) is 17.9 Å². The number of aliphatic hydroxyl groups excluding tert-OH is 5. The van der Waals surface area contributed by atoms with E-state index in [2.05, 4.69) is 26.9 Å². The number of ether oxygens (including phenoxy) is 3. The molecule has 2 heterocycles. The Morgan fingerprint density at radius 3 is 2.67 bits per heavy atom. The first kappa shape index (κ1) is 35.5. The first-order valence-electron chi connectivity index (χ1n) is 14.5. The fourth-order valence-electron chi connectivity index (χ4n) is 6.03. The first-order chi connectivity index (χ1) is 20.4. The van der Waals surface area contributed by atoms with Crippen LogP contribution in [-0.2, 0) is 19.0 Å². The van der Waals surface area contributed by atoms with Gasteiger partial charge in [-0.3, -0.25) is 4.79 Å². The van der Waals surface area contributed by atoms with Crippen molar-refractivity contribution in [3.63, 3.8) is 0 Å². The highest BCUT2D eigenvalue weighted by molar-refractivity contribution is 5.81. The van der Waals surface area contributed by atoms with Crippen LogP contribution < -0.4 is 27.4 Å². The third-order valence-electron chi connectivity index (χ3n) is 8.28. The van der Waals surface area contributed by atoms with Crippen LogP contribution in [-0.4, -0.2) is 150 Å². The number of amides is 1. The Bertz CT molecular complexity index is 1010. The van der Waals surface area contributed by atoms with Crippen molar-refractivity contribution in [2.75, 3.05) is 46.9 Å². The van der Waals surface area contributed by atoms with Crippen LogP contribution in [0.3, 0.4) is 0 Å². The summed E-state index contributed by atoms with van der Waals surface area (Å²) in [5.41, 5.74) is 10.7. The zero-order valence-corrected chi connectivity index (χ0v) is 24.9. The molecule has 16 heteroatoms. The Morgan fingerprint density at radius 2 is 2.05 bits per heavy atom. The average molecular weight is 618 g/mol. The second-order valence-electron chi connectivity index (χ2n) is 11.6. The van der Waals surface area contributed by atoms with Crippen LogP contribution >= 0.6 is 0 Å². The molecule has 0 bridgehead atoms. The summed E-state index contributed by atoms with van der Waals surface area (Å²) >= 11 is 0. The SMILES string of the molecule is C[N+]#CC1CC=C(CNCC(O)CO)OC1C1C(N)CC(NC(=O)C(O)CN)C(OC2OCC(C)(O)C(NC)C2O)C1O. The molecule has 1 aliphatic carbocycles. The van der Waals surface area contributed by atoms with Crippen LogP contribution in [0.5, 0.6) is 0 Å². The molecule has 0 radical (unpaired) electrons. The van der Waals surface area contributed by atoms with E-state index >= 15 is 0 Å². The molecule has 2 fully saturated rings. The normalized spacial score (nSPS) is 39.5. The van der Waals surface area contributed by atoms with Crippen molar-refractivity contribution in [3.05, 3.63) is 16.7 Å². The Balaban J connectivity index is 1.88. The Morgan fingerprint density at radius 1 is 1.33 bits per heavy atom. The number of aliphatic hydroxyl groups is 6. The first-order valence-corrected chi connectivity index (χ1v) is 14.5. The van der Waals surface area contributed by atoms with Crippen molar-refractivity contribution in [3.8, 4) is 6.07 Å². The smallest absolute Gasteiger partial charge is 0.280 e. The Kier molecular flexibility index (Phi) is 13.1. The summed E-state index contributed by atoms with van der Waals surface area (Å²) in [6.45, 7) is 0.978. The van der Waals surface area contributed by atoms with E-state index in [0.29, 0.717) is 12.2 Å². The largest absolute Gasteiger partial charge is 0.492 e. The lowest BCUT2D eigenvalue weighted by molar-refractivity contribution is -0.297. The molecule has 1 saturated carbocycles. The molecule has 3 aliphatic rings. The molecule has 1 amide bonds. The van der Waals surface area contributed by atoms with E-state index in [1.54, 1.807) is 14.1 Å². The number of nitrogens with two attached hydrogens (primary N) is 2. The number of hydrogen-bond donors (Lipinski definition) is 11. The monoisotopic (exact) mass is 617 g/mol. The van der Waals surface area contributed by atoms with E-state index in [4.69, 9.17) is 30.8 Å². The van der Waals surface area contributed by atoms with Gasteiger partial charge in [-0.1, -0.05) is 4.85 Å². The fourth-order valence-corrected chi connectivity index (χ4v) is 6.03. The van der Waals surface area contributed by atoms with Crippen LogP contribution in [0.2, 0.25) is 0 Å². The topological polar surface area (TPSA) is 259 Å². The van der Waals surface area contributed by atoms with E-state index in [0.717, 1.165) is 0 Å². The van der Waals surface area contributed by atoms with Crippen LogP contribution in [0.15, 0.2) is 11.8 Å². The maximum Gasteiger partial charge on any atom is 0.280 e. The summed E-state index contributed by atoms with van der Waals surface area (Å²) in [6, 6.07) is 0.533. The van der Waals surface area contributed by atoms with E-state index in [1.165, 1.54) is 6.92 Å². The molecule has 13 atom stereocenters. The highest BCUT2D eigenvalue weighted by Gasteiger charge is 2.54. The van der Waals surface area contributed by atoms with Gasteiger partial charge in [0.25, 0.3) is 13.1 Å². The molecule has 0 spiro atoms. The maximum absolute atomic E-state index is 12.6. The molecule has 16 nitrogen and oxygen atoms in total. The number of likely N-dealkylation sites (N-methyl/N-ethyl adjacent to an activating group) is 1. The van der Waals surface area contributed by atoms with Gasteiger partial charge in [-0.15, -0.1) is 0 Å². The summed E-state index contributed by atoms with van der Waals surface area (Å²) in [5, 5.41) is 70.8. The molecule has 0 aromatic rings. The molecule has 3 rings (SSSR count). The van der Waals surface area contributed by atoms with Gasteiger partial charge in [0.15, 0.2) is 6.29 Å². The molecule has 13 unspecified atom stereocenters. The average Bonchev–Trinajstić information content (AvgIpc) is 2.96. The number of rotatable bonds is 12. The number of allylic oxidation sites excluding steroid dienone is 1. The van der Waals surface area contributed by atoms with Crippen molar-refractivity contribution >= 4 is 5.91 Å². The summed E-state index contributed by atoms with van der Waals surface area (Å²) in [7, 11) is 3.14. The number of nitrogens with zero attached hydrogens (tertiary/aromatic N) is 1. The molecular weight excluding hydrogens is 568 g/mol. The van der Waals surface area contributed by atoms with Crippen molar-refractivity contribution in [2.24, 2.45) is 23.3 Å². The van der Waals surface area contributed by atoms with E-state index in [-0.39, 0.29) is 32.7 Å². The van der Waals surface area contributed by atoms with Gasteiger partial charge in [-0.2, -0.15) is 0 Å². The van der Waals surface area contributed by atoms with Crippen molar-refractivity contribution in [2.45, 2.75) is 86.4 Å².